The Morgan fingerprint density at radius 1 is 1.11 bits per heavy atom. The van der Waals surface area contributed by atoms with E-state index in [0.29, 0.717) is 21.5 Å². The number of halogens is 2. The number of ether oxygens (including phenoxy) is 2. The fourth-order valence-corrected chi connectivity index (χ4v) is 2.91. The normalized spacial score (nSPS) is 11.5. The van der Waals surface area contributed by atoms with E-state index in [4.69, 9.17) is 32.7 Å². The molecule has 8 heteroatoms. The molecule has 0 aliphatic rings. The molecule has 0 spiro atoms. The van der Waals surface area contributed by atoms with Crippen LogP contribution in [0, 0.1) is 0 Å². The van der Waals surface area contributed by atoms with Crippen LogP contribution in [-0.2, 0) is 16.1 Å². The van der Waals surface area contributed by atoms with Gasteiger partial charge >= 0.3 is 0 Å². The Labute approximate surface area is 174 Å². The molecular weight excluding hydrogens is 403 g/mol. The first-order chi connectivity index (χ1) is 13.4. The molecule has 0 radical (unpaired) electrons. The SMILES string of the molecule is CNC(=O)[C@H](C)N(Cc1ccc(Cl)c(Cl)c1)C(=O)COc1ccccc1OC. The predicted molar refractivity (Wildman–Crippen MR) is 109 cm³/mol. The van der Waals surface area contributed by atoms with Crippen molar-refractivity contribution in [3.63, 3.8) is 0 Å². The first-order valence-electron chi connectivity index (χ1n) is 8.58. The Balaban J connectivity index is 2.18. The van der Waals surface area contributed by atoms with Crippen molar-refractivity contribution in [2.75, 3.05) is 20.8 Å². The molecule has 0 saturated heterocycles. The summed E-state index contributed by atoms with van der Waals surface area (Å²) in [6.45, 7) is 1.58. The summed E-state index contributed by atoms with van der Waals surface area (Å²) in [7, 11) is 3.04. The highest BCUT2D eigenvalue weighted by atomic mass is 35.5. The average Bonchev–Trinajstić information content (AvgIpc) is 2.71. The monoisotopic (exact) mass is 424 g/mol. The van der Waals surface area contributed by atoms with Crippen LogP contribution in [-0.4, -0.2) is 43.5 Å². The number of para-hydroxylation sites is 2. The second-order valence-corrected chi connectivity index (χ2v) is 6.81. The summed E-state index contributed by atoms with van der Waals surface area (Å²) in [4.78, 5) is 26.4. The number of carbonyl (C=O) groups is 2. The van der Waals surface area contributed by atoms with Crippen LogP contribution in [0.5, 0.6) is 11.5 Å². The van der Waals surface area contributed by atoms with Crippen LogP contribution in [0.15, 0.2) is 42.5 Å². The lowest BCUT2D eigenvalue weighted by Crippen LogP contribution is -2.48. The van der Waals surface area contributed by atoms with E-state index in [1.54, 1.807) is 49.4 Å². The number of nitrogens with one attached hydrogen (secondary N) is 1. The van der Waals surface area contributed by atoms with Crippen molar-refractivity contribution < 1.29 is 19.1 Å². The molecule has 0 bridgehead atoms. The smallest absolute Gasteiger partial charge is 0.261 e. The fourth-order valence-electron chi connectivity index (χ4n) is 2.59. The Morgan fingerprint density at radius 2 is 1.79 bits per heavy atom. The van der Waals surface area contributed by atoms with E-state index in [2.05, 4.69) is 5.32 Å². The van der Waals surface area contributed by atoms with Gasteiger partial charge in [-0.1, -0.05) is 41.4 Å². The lowest BCUT2D eigenvalue weighted by atomic mass is 10.1. The molecule has 150 valence electrons. The number of hydrogen-bond donors (Lipinski definition) is 1. The van der Waals surface area contributed by atoms with Crippen molar-refractivity contribution in [3.05, 3.63) is 58.1 Å². The summed E-state index contributed by atoms with van der Waals surface area (Å²) in [6, 6.07) is 11.4. The molecule has 0 aromatic heterocycles. The van der Waals surface area contributed by atoms with E-state index in [-0.39, 0.29) is 25.0 Å². The van der Waals surface area contributed by atoms with Crippen LogP contribution in [0.3, 0.4) is 0 Å². The molecule has 2 rings (SSSR count). The second-order valence-electron chi connectivity index (χ2n) is 6.00. The van der Waals surface area contributed by atoms with Gasteiger partial charge < -0.3 is 19.7 Å². The lowest BCUT2D eigenvalue weighted by Gasteiger charge is -2.28. The highest BCUT2D eigenvalue weighted by molar-refractivity contribution is 6.42. The molecule has 2 amide bonds. The van der Waals surface area contributed by atoms with Gasteiger partial charge in [0.05, 0.1) is 17.2 Å². The van der Waals surface area contributed by atoms with Gasteiger partial charge in [-0.2, -0.15) is 0 Å². The number of rotatable bonds is 8. The molecule has 1 atom stereocenters. The van der Waals surface area contributed by atoms with Crippen LogP contribution >= 0.6 is 23.2 Å². The molecule has 0 unspecified atom stereocenters. The van der Waals surface area contributed by atoms with Gasteiger partial charge in [-0.3, -0.25) is 9.59 Å². The lowest BCUT2D eigenvalue weighted by molar-refractivity contribution is -0.142. The Hall–Kier alpha value is -2.44. The van der Waals surface area contributed by atoms with E-state index in [9.17, 15) is 9.59 Å². The van der Waals surface area contributed by atoms with Crippen molar-refractivity contribution in [3.8, 4) is 11.5 Å². The number of hydrogen-bond acceptors (Lipinski definition) is 4. The van der Waals surface area contributed by atoms with Gasteiger partial charge in [0.2, 0.25) is 5.91 Å². The zero-order valence-electron chi connectivity index (χ0n) is 15.9. The van der Waals surface area contributed by atoms with Gasteiger partial charge in [-0.25, -0.2) is 0 Å². The van der Waals surface area contributed by atoms with E-state index in [0.717, 1.165) is 5.56 Å². The molecular formula is C20H22Cl2N2O4. The number of likely N-dealkylation sites (N-methyl/N-ethyl adjacent to an activating group) is 1. The maximum Gasteiger partial charge on any atom is 0.261 e. The van der Waals surface area contributed by atoms with Crippen molar-refractivity contribution in [1.29, 1.82) is 0 Å². The van der Waals surface area contributed by atoms with Crippen LogP contribution < -0.4 is 14.8 Å². The minimum absolute atomic E-state index is 0.180. The highest BCUT2D eigenvalue weighted by Gasteiger charge is 2.26. The maximum atomic E-state index is 12.9. The zero-order valence-corrected chi connectivity index (χ0v) is 17.4. The van der Waals surface area contributed by atoms with Gasteiger partial charge in [0.1, 0.15) is 6.04 Å². The van der Waals surface area contributed by atoms with E-state index < -0.39 is 6.04 Å². The molecule has 0 fully saturated rings. The number of carbonyl (C=O) groups excluding carboxylic acids is 2. The number of benzene rings is 2. The summed E-state index contributed by atoms with van der Waals surface area (Å²) >= 11 is 12.0. The summed E-state index contributed by atoms with van der Waals surface area (Å²) < 4.78 is 10.8. The number of amides is 2. The molecule has 0 aliphatic heterocycles. The highest BCUT2D eigenvalue weighted by Crippen LogP contribution is 2.26. The summed E-state index contributed by atoms with van der Waals surface area (Å²) in [5.41, 5.74) is 0.746. The largest absolute Gasteiger partial charge is 0.493 e. The van der Waals surface area contributed by atoms with Crippen molar-refractivity contribution in [1.82, 2.24) is 10.2 Å². The van der Waals surface area contributed by atoms with Gasteiger partial charge in [0.15, 0.2) is 18.1 Å². The molecule has 2 aromatic carbocycles. The summed E-state index contributed by atoms with van der Waals surface area (Å²) in [6.07, 6.45) is 0. The third-order valence-electron chi connectivity index (χ3n) is 4.17. The first-order valence-corrected chi connectivity index (χ1v) is 9.33. The maximum absolute atomic E-state index is 12.9. The molecule has 0 heterocycles. The fraction of sp³-hybridized carbons (Fsp3) is 0.300. The van der Waals surface area contributed by atoms with Gasteiger partial charge in [0, 0.05) is 13.6 Å². The minimum Gasteiger partial charge on any atom is -0.493 e. The summed E-state index contributed by atoms with van der Waals surface area (Å²) in [5.74, 6) is 0.324. The van der Waals surface area contributed by atoms with Gasteiger partial charge in [0.25, 0.3) is 5.91 Å². The zero-order chi connectivity index (χ0) is 20.7. The minimum atomic E-state index is -0.701. The number of nitrogens with zero attached hydrogens (tertiary/aromatic N) is 1. The van der Waals surface area contributed by atoms with Gasteiger partial charge in [-0.05, 0) is 36.8 Å². The Morgan fingerprint density at radius 3 is 2.39 bits per heavy atom. The summed E-state index contributed by atoms with van der Waals surface area (Å²) in [5, 5.41) is 3.36. The van der Waals surface area contributed by atoms with E-state index in [1.165, 1.54) is 19.1 Å². The standard InChI is InChI=1S/C20H22Cl2N2O4/c1-13(20(26)23-2)24(11-14-8-9-15(21)16(22)10-14)19(25)12-28-18-7-5-4-6-17(18)27-3/h4-10,13H,11-12H2,1-3H3,(H,23,26)/t13-/m0/s1. The quantitative estimate of drug-likeness (QED) is 0.703. The molecule has 0 saturated carbocycles. The van der Waals surface area contributed by atoms with Crippen molar-refractivity contribution >= 4 is 35.0 Å². The molecule has 1 N–H and O–H groups in total. The van der Waals surface area contributed by atoms with E-state index >= 15 is 0 Å². The third-order valence-corrected chi connectivity index (χ3v) is 4.91. The van der Waals surface area contributed by atoms with Gasteiger partial charge in [-0.15, -0.1) is 0 Å². The Bertz CT molecular complexity index is 845. The van der Waals surface area contributed by atoms with Crippen LogP contribution in [0.2, 0.25) is 10.0 Å². The van der Waals surface area contributed by atoms with Crippen LogP contribution in [0.25, 0.3) is 0 Å². The topological polar surface area (TPSA) is 67.9 Å². The average molecular weight is 425 g/mol. The predicted octanol–water partition coefficient (Wildman–Crippen LogP) is 3.54. The van der Waals surface area contributed by atoms with Crippen LogP contribution in [0.4, 0.5) is 0 Å². The van der Waals surface area contributed by atoms with E-state index in [1.807, 2.05) is 0 Å². The molecule has 6 nitrogen and oxygen atoms in total. The Kier molecular flexibility index (Phi) is 7.96. The third kappa shape index (κ3) is 5.53. The molecule has 0 aliphatic carbocycles. The molecule has 2 aromatic rings. The number of methoxy groups -OCH3 is 1. The second kappa shape index (κ2) is 10.2. The first kappa shape index (κ1) is 21.9. The molecule has 28 heavy (non-hydrogen) atoms. The van der Waals surface area contributed by atoms with Crippen molar-refractivity contribution in [2.24, 2.45) is 0 Å². The van der Waals surface area contributed by atoms with Crippen molar-refractivity contribution in [2.45, 2.75) is 19.5 Å². The van der Waals surface area contributed by atoms with Crippen LogP contribution in [0.1, 0.15) is 12.5 Å².